The van der Waals surface area contributed by atoms with Gasteiger partial charge in [-0.1, -0.05) is 12.1 Å². The van der Waals surface area contributed by atoms with Gasteiger partial charge >= 0.3 is 0 Å². The van der Waals surface area contributed by atoms with Crippen LogP contribution in [0.25, 0.3) is 20.3 Å². The molecule has 2 aromatic carbocycles. The maximum Gasteiger partial charge on any atom is 0.262 e. The Hall–Kier alpha value is -2.64. The molecule has 1 amide bonds. The Balaban J connectivity index is 1.55. The highest BCUT2D eigenvalue weighted by Gasteiger charge is 2.14. The maximum absolute atomic E-state index is 12.3. The van der Waals surface area contributed by atoms with Gasteiger partial charge in [-0.05, 0) is 30.5 Å². The number of fused-ring (bicyclic) bond motifs is 3. The van der Waals surface area contributed by atoms with Crippen LogP contribution in [-0.4, -0.2) is 24.6 Å². The summed E-state index contributed by atoms with van der Waals surface area (Å²) in [6, 6.07) is 11.2. The molecule has 1 N–H and O–H groups in total. The quantitative estimate of drug-likeness (QED) is 0.535. The Bertz CT molecular complexity index is 1100. The van der Waals surface area contributed by atoms with Crippen molar-refractivity contribution in [2.75, 3.05) is 19.0 Å². The molecule has 0 unspecified atom stereocenters. The van der Waals surface area contributed by atoms with E-state index in [-0.39, 0.29) is 12.5 Å². The Kier molecular flexibility index (Phi) is 4.48. The number of thiazole rings is 1. The SMILES string of the molecule is COc1ccccc1NC(=O)COc1cc2sc(C)nc2c2sccc12. The number of benzene rings is 2. The second kappa shape index (κ2) is 6.93. The first-order valence-corrected chi connectivity index (χ1v) is 9.68. The Labute approximate surface area is 158 Å². The molecule has 4 rings (SSSR count). The van der Waals surface area contributed by atoms with Gasteiger partial charge in [-0.25, -0.2) is 4.98 Å². The van der Waals surface area contributed by atoms with Gasteiger partial charge in [0.15, 0.2) is 6.61 Å². The second-order valence-corrected chi connectivity index (χ2v) is 7.81. The van der Waals surface area contributed by atoms with Crippen LogP contribution in [0.3, 0.4) is 0 Å². The minimum atomic E-state index is -0.238. The largest absolute Gasteiger partial charge is 0.495 e. The number of anilines is 1. The van der Waals surface area contributed by atoms with Crippen molar-refractivity contribution in [1.82, 2.24) is 4.98 Å². The number of ether oxygens (including phenoxy) is 2. The van der Waals surface area contributed by atoms with E-state index in [9.17, 15) is 4.79 Å². The highest BCUT2D eigenvalue weighted by molar-refractivity contribution is 7.21. The summed E-state index contributed by atoms with van der Waals surface area (Å²) in [6.07, 6.45) is 0. The van der Waals surface area contributed by atoms with Crippen LogP contribution in [0.5, 0.6) is 11.5 Å². The third-order valence-corrected chi connectivity index (χ3v) is 5.75. The van der Waals surface area contributed by atoms with Gasteiger partial charge in [0.05, 0.1) is 32.7 Å². The molecule has 2 aromatic heterocycles. The van der Waals surface area contributed by atoms with E-state index in [4.69, 9.17) is 9.47 Å². The minimum Gasteiger partial charge on any atom is -0.495 e. The molecular formula is C19H16N2O3S2. The molecule has 0 atom stereocenters. The normalized spacial score (nSPS) is 11.0. The van der Waals surface area contributed by atoms with E-state index < -0.39 is 0 Å². The molecule has 0 aliphatic heterocycles. The first-order chi connectivity index (χ1) is 12.7. The van der Waals surface area contributed by atoms with Crippen LogP contribution < -0.4 is 14.8 Å². The van der Waals surface area contributed by atoms with Crippen molar-refractivity contribution in [3.63, 3.8) is 0 Å². The molecule has 0 saturated heterocycles. The number of amides is 1. The van der Waals surface area contributed by atoms with Crippen molar-refractivity contribution < 1.29 is 14.3 Å². The number of para-hydroxylation sites is 2. The summed E-state index contributed by atoms with van der Waals surface area (Å²) in [5.41, 5.74) is 1.63. The van der Waals surface area contributed by atoms with Crippen molar-refractivity contribution in [1.29, 1.82) is 0 Å². The molecule has 5 nitrogen and oxygen atoms in total. The maximum atomic E-state index is 12.3. The van der Waals surface area contributed by atoms with Crippen LogP contribution in [0.1, 0.15) is 5.01 Å². The average Bonchev–Trinajstić information content (AvgIpc) is 3.25. The average molecular weight is 384 g/mol. The van der Waals surface area contributed by atoms with E-state index in [1.165, 1.54) is 0 Å². The number of methoxy groups -OCH3 is 1. The van der Waals surface area contributed by atoms with Crippen LogP contribution in [0.2, 0.25) is 0 Å². The summed E-state index contributed by atoms with van der Waals surface area (Å²) < 4.78 is 13.2. The summed E-state index contributed by atoms with van der Waals surface area (Å²) in [6.45, 7) is 1.91. The number of nitrogens with zero attached hydrogens (tertiary/aromatic N) is 1. The molecule has 0 spiro atoms. The number of nitrogens with one attached hydrogen (secondary N) is 1. The fourth-order valence-electron chi connectivity index (χ4n) is 2.78. The lowest BCUT2D eigenvalue weighted by atomic mass is 10.2. The molecule has 0 bridgehead atoms. The van der Waals surface area contributed by atoms with Crippen molar-refractivity contribution in [2.45, 2.75) is 6.92 Å². The first kappa shape index (κ1) is 16.8. The third kappa shape index (κ3) is 3.11. The lowest BCUT2D eigenvalue weighted by Crippen LogP contribution is -2.20. The van der Waals surface area contributed by atoms with Gasteiger partial charge in [-0.15, -0.1) is 22.7 Å². The zero-order chi connectivity index (χ0) is 18.1. The molecule has 26 heavy (non-hydrogen) atoms. The molecule has 0 fully saturated rings. The highest BCUT2D eigenvalue weighted by Crippen LogP contribution is 2.38. The summed E-state index contributed by atoms with van der Waals surface area (Å²) in [4.78, 5) is 16.9. The smallest absolute Gasteiger partial charge is 0.262 e. The minimum absolute atomic E-state index is 0.0771. The summed E-state index contributed by atoms with van der Waals surface area (Å²) in [5.74, 6) is 1.08. The molecular weight excluding hydrogens is 368 g/mol. The fourth-order valence-corrected chi connectivity index (χ4v) is 4.62. The number of thiophene rings is 1. The van der Waals surface area contributed by atoms with E-state index in [0.29, 0.717) is 17.2 Å². The predicted molar refractivity (Wildman–Crippen MR) is 107 cm³/mol. The highest BCUT2D eigenvalue weighted by atomic mass is 32.1. The van der Waals surface area contributed by atoms with Crippen LogP contribution in [0, 0.1) is 6.92 Å². The Morgan fingerprint density at radius 1 is 1.23 bits per heavy atom. The zero-order valence-corrected chi connectivity index (χ0v) is 15.9. The van der Waals surface area contributed by atoms with Gasteiger partial charge in [-0.2, -0.15) is 0 Å². The van der Waals surface area contributed by atoms with Gasteiger partial charge < -0.3 is 14.8 Å². The number of carbonyl (C=O) groups is 1. The number of rotatable bonds is 5. The van der Waals surface area contributed by atoms with Gasteiger partial charge in [-0.3, -0.25) is 4.79 Å². The molecule has 0 aliphatic rings. The fraction of sp³-hybridized carbons (Fsp3) is 0.158. The van der Waals surface area contributed by atoms with Crippen molar-refractivity contribution in [3.05, 3.63) is 46.8 Å². The van der Waals surface area contributed by atoms with Crippen LogP contribution in [-0.2, 0) is 4.79 Å². The van der Waals surface area contributed by atoms with Crippen molar-refractivity contribution in [3.8, 4) is 11.5 Å². The monoisotopic (exact) mass is 384 g/mol. The summed E-state index contributed by atoms with van der Waals surface area (Å²) in [7, 11) is 1.57. The predicted octanol–water partition coefficient (Wildman–Crippen LogP) is 4.85. The van der Waals surface area contributed by atoms with E-state index in [1.807, 2.05) is 36.6 Å². The molecule has 2 heterocycles. The lowest BCUT2D eigenvalue weighted by molar-refractivity contribution is -0.118. The van der Waals surface area contributed by atoms with E-state index in [1.54, 1.807) is 41.9 Å². The second-order valence-electron chi connectivity index (χ2n) is 5.65. The standard InChI is InChI=1S/C19H16N2O3S2/c1-11-20-18-16(26-11)9-15(12-7-8-25-19(12)18)24-10-17(22)21-13-5-3-4-6-14(13)23-2/h3-9H,10H2,1-2H3,(H,21,22). The number of aromatic nitrogens is 1. The van der Waals surface area contributed by atoms with Gasteiger partial charge in [0.2, 0.25) is 0 Å². The molecule has 4 aromatic rings. The molecule has 0 aliphatic carbocycles. The zero-order valence-electron chi connectivity index (χ0n) is 14.2. The van der Waals surface area contributed by atoms with E-state index >= 15 is 0 Å². The Morgan fingerprint density at radius 3 is 2.92 bits per heavy atom. The van der Waals surface area contributed by atoms with Crippen LogP contribution >= 0.6 is 22.7 Å². The number of hydrogen-bond donors (Lipinski definition) is 1. The molecule has 132 valence electrons. The molecule has 0 radical (unpaired) electrons. The number of carbonyl (C=O) groups excluding carboxylic acids is 1. The molecule has 7 heteroatoms. The topological polar surface area (TPSA) is 60.5 Å². The Morgan fingerprint density at radius 2 is 2.08 bits per heavy atom. The van der Waals surface area contributed by atoms with Gasteiger partial charge in [0.25, 0.3) is 5.91 Å². The third-order valence-electron chi connectivity index (χ3n) is 3.91. The first-order valence-electron chi connectivity index (χ1n) is 7.98. The summed E-state index contributed by atoms with van der Waals surface area (Å²) >= 11 is 3.26. The molecule has 0 saturated carbocycles. The van der Waals surface area contributed by atoms with Crippen molar-refractivity contribution in [2.24, 2.45) is 0 Å². The van der Waals surface area contributed by atoms with Gasteiger partial charge in [0.1, 0.15) is 11.5 Å². The van der Waals surface area contributed by atoms with E-state index in [0.717, 1.165) is 25.3 Å². The van der Waals surface area contributed by atoms with Crippen LogP contribution in [0.4, 0.5) is 5.69 Å². The van der Waals surface area contributed by atoms with E-state index in [2.05, 4.69) is 10.3 Å². The lowest BCUT2D eigenvalue weighted by Gasteiger charge is -2.11. The van der Waals surface area contributed by atoms with Gasteiger partial charge in [0, 0.05) is 11.5 Å². The number of aryl methyl sites for hydroxylation is 1. The van der Waals surface area contributed by atoms with Crippen LogP contribution in [0.15, 0.2) is 41.8 Å². The number of hydrogen-bond acceptors (Lipinski definition) is 6. The van der Waals surface area contributed by atoms with Crippen molar-refractivity contribution >= 4 is 54.6 Å². The summed E-state index contributed by atoms with van der Waals surface area (Å²) in [5, 5.41) is 6.83.